The minimum Gasteiger partial charge on any atom is -0.352 e. The summed E-state index contributed by atoms with van der Waals surface area (Å²) >= 11 is 0. The third-order valence-corrected chi connectivity index (χ3v) is 4.44. The quantitative estimate of drug-likeness (QED) is 0.567. The van der Waals surface area contributed by atoms with E-state index >= 15 is 0 Å². The summed E-state index contributed by atoms with van der Waals surface area (Å²) in [5.74, 6) is -0.0955. The monoisotopic (exact) mass is 398 g/mol. The molecule has 0 saturated carbocycles. The van der Waals surface area contributed by atoms with Crippen LogP contribution in [0.15, 0.2) is 60.8 Å². The maximum absolute atomic E-state index is 12.7. The molecule has 28 heavy (non-hydrogen) atoms. The number of amides is 1. The van der Waals surface area contributed by atoms with Gasteiger partial charge in [0.25, 0.3) is 5.91 Å². The van der Waals surface area contributed by atoms with E-state index in [9.17, 15) is 4.79 Å². The van der Waals surface area contributed by atoms with E-state index in [0.717, 1.165) is 24.0 Å². The number of unbranched alkanes of at least 4 members (excludes halogenated alkanes) is 1. The van der Waals surface area contributed by atoms with Crippen molar-refractivity contribution in [2.75, 3.05) is 13.1 Å². The van der Waals surface area contributed by atoms with Crippen molar-refractivity contribution in [2.24, 2.45) is 5.73 Å². The molecule has 0 saturated heterocycles. The average Bonchev–Trinajstić information content (AvgIpc) is 3.10. The molecule has 6 heteroatoms. The van der Waals surface area contributed by atoms with Crippen LogP contribution in [0.2, 0.25) is 0 Å². The number of carbonyl (C=O) groups is 1. The summed E-state index contributed by atoms with van der Waals surface area (Å²) in [6, 6.07) is 18.2. The Labute approximate surface area is 172 Å². The van der Waals surface area contributed by atoms with Gasteiger partial charge in [-0.1, -0.05) is 60.2 Å². The summed E-state index contributed by atoms with van der Waals surface area (Å²) in [6.07, 6.45) is 3.61. The lowest BCUT2D eigenvalue weighted by molar-refractivity contribution is 0.0953. The van der Waals surface area contributed by atoms with Gasteiger partial charge in [-0.15, -0.1) is 12.4 Å². The molecule has 3 aromatic rings. The van der Waals surface area contributed by atoms with Crippen LogP contribution in [0.25, 0.3) is 11.3 Å². The number of carbonyl (C=O) groups excluding carboxylic acids is 1. The molecule has 3 rings (SSSR count). The Morgan fingerprint density at radius 2 is 1.79 bits per heavy atom. The van der Waals surface area contributed by atoms with E-state index < -0.39 is 0 Å². The highest BCUT2D eigenvalue weighted by atomic mass is 35.5. The second-order valence-electron chi connectivity index (χ2n) is 6.69. The maximum Gasteiger partial charge on any atom is 0.255 e. The summed E-state index contributed by atoms with van der Waals surface area (Å²) in [5.41, 5.74) is 10.1. The highest BCUT2D eigenvalue weighted by molar-refractivity contribution is 5.99. The molecule has 0 radical (unpaired) electrons. The fraction of sp³-hybridized carbons (Fsp3) is 0.273. The largest absolute Gasteiger partial charge is 0.352 e. The van der Waals surface area contributed by atoms with Crippen molar-refractivity contribution >= 4 is 18.3 Å². The normalized spacial score (nSPS) is 10.4. The highest BCUT2D eigenvalue weighted by Gasteiger charge is 2.18. The second kappa shape index (κ2) is 10.6. The van der Waals surface area contributed by atoms with E-state index in [0.29, 0.717) is 30.9 Å². The van der Waals surface area contributed by atoms with Gasteiger partial charge in [-0.05, 0) is 31.9 Å². The number of nitrogens with zero attached hydrogens (tertiary/aromatic N) is 2. The third-order valence-electron chi connectivity index (χ3n) is 4.44. The molecule has 1 amide bonds. The first-order chi connectivity index (χ1) is 13.2. The molecule has 0 spiro atoms. The van der Waals surface area contributed by atoms with E-state index in [1.54, 1.807) is 0 Å². The van der Waals surface area contributed by atoms with Crippen LogP contribution < -0.4 is 11.1 Å². The zero-order valence-corrected chi connectivity index (χ0v) is 16.9. The van der Waals surface area contributed by atoms with Crippen molar-refractivity contribution in [3.05, 3.63) is 77.5 Å². The van der Waals surface area contributed by atoms with Crippen LogP contribution >= 0.6 is 12.4 Å². The summed E-state index contributed by atoms with van der Waals surface area (Å²) < 4.78 is 1.83. The molecule has 0 aliphatic carbocycles. The number of nitrogens with two attached hydrogens (primary N) is 1. The van der Waals surface area contributed by atoms with Crippen molar-refractivity contribution in [3.63, 3.8) is 0 Å². The standard InChI is InChI=1S/C22H26N4O.ClH/c1-17-9-11-19(12-10-17)21-20(22(27)24-14-6-5-13-23)16-26(25-21)15-18-7-3-2-4-8-18;/h2-4,7-12,16H,5-6,13-15,23H2,1H3,(H,24,27);1H. The van der Waals surface area contributed by atoms with E-state index in [-0.39, 0.29) is 18.3 Å². The van der Waals surface area contributed by atoms with E-state index in [2.05, 4.69) is 17.4 Å². The van der Waals surface area contributed by atoms with Crippen molar-refractivity contribution < 1.29 is 4.79 Å². The Morgan fingerprint density at radius 1 is 1.07 bits per heavy atom. The lowest BCUT2D eigenvalue weighted by Gasteiger charge is -2.05. The topological polar surface area (TPSA) is 72.9 Å². The predicted molar refractivity (Wildman–Crippen MR) is 116 cm³/mol. The molecule has 0 bridgehead atoms. The molecule has 2 aromatic carbocycles. The first-order valence-electron chi connectivity index (χ1n) is 9.34. The van der Waals surface area contributed by atoms with E-state index in [4.69, 9.17) is 10.8 Å². The minimum atomic E-state index is -0.0955. The summed E-state index contributed by atoms with van der Waals surface area (Å²) in [5, 5.41) is 7.69. The lowest BCUT2D eigenvalue weighted by Crippen LogP contribution is -2.25. The molecule has 5 nitrogen and oxygen atoms in total. The molecular weight excluding hydrogens is 372 g/mol. The van der Waals surface area contributed by atoms with Gasteiger partial charge in [-0.3, -0.25) is 9.48 Å². The molecule has 3 N–H and O–H groups in total. The molecule has 0 aliphatic rings. The Balaban J connectivity index is 0.00000280. The first kappa shape index (κ1) is 21.7. The van der Waals surface area contributed by atoms with E-state index in [1.807, 2.05) is 60.3 Å². The van der Waals surface area contributed by atoms with Gasteiger partial charge in [-0.25, -0.2) is 0 Å². The summed E-state index contributed by atoms with van der Waals surface area (Å²) in [4.78, 5) is 12.7. The zero-order valence-electron chi connectivity index (χ0n) is 16.1. The third kappa shape index (κ3) is 5.68. The highest BCUT2D eigenvalue weighted by Crippen LogP contribution is 2.23. The molecule has 0 atom stereocenters. The number of rotatable bonds is 8. The van der Waals surface area contributed by atoms with Gasteiger partial charge < -0.3 is 11.1 Å². The Bertz CT molecular complexity index is 875. The molecule has 1 heterocycles. The fourth-order valence-corrected chi connectivity index (χ4v) is 2.93. The van der Waals surface area contributed by atoms with Gasteiger partial charge in [0.1, 0.15) is 5.69 Å². The van der Waals surface area contributed by atoms with Gasteiger partial charge >= 0.3 is 0 Å². The number of benzene rings is 2. The van der Waals surface area contributed by atoms with Crippen LogP contribution in [-0.2, 0) is 6.54 Å². The average molecular weight is 399 g/mol. The second-order valence-corrected chi connectivity index (χ2v) is 6.69. The smallest absolute Gasteiger partial charge is 0.255 e. The number of hydrogen-bond donors (Lipinski definition) is 2. The maximum atomic E-state index is 12.7. The molecule has 148 valence electrons. The Hall–Kier alpha value is -2.63. The van der Waals surface area contributed by atoms with Crippen LogP contribution in [0.5, 0.6) is 0 Å². The van der Waals surface area contributed by atoms with Gasteiger partial charge in [-0.2, -0.15) is 5.10 Å². The number of aromatic nitrogens is 2. The van der Waals surface area contributed by atoms with Gasteiger partial charge in [0.15, 0.2) is 0 Å². The van der Waals surface area contributed by atoms with Crippen molar-refractivity contribution in [2.45, 2.75) is 26.3 Å². The fourth-order valence-electron chi connectivity index (χ4n) is 2.93. The number of hydrogen-bond acceptors (Lipinski definition) is 3. The summed E-state index contributed by atoms with van der Waals surface area (Å²) in [7, 11) is 0. The number of halogens is 1. The first-order valence-corrected chi connectivity index (χ1v) is 9.34. The SMILES string of the molecule is Cc1ccc(-c2nn(Cc3ccccc3)cc2C(=O)NCCCCN)cc1.Cl. The van der Waals surface area contributed by atoms with Gasteiger partial charge in [0, 0.05) is 18.3 Å². The van der Waals surface area contributed by atoms with Crippen LogP contribution in [-0.4, -0.2) is 28.8 Å². The lowest BCUT2D eigenvalue weighted by atomic mass is 10.1. The van der Waals surface area contributed by atoms with Gasteiger partial charge in [0.05, 0.1) is 12.1 Å². The van der Waals surface area contributed by atoms with Crippen molar-refractivity contribution in [1.82, 2.24) is 15.1 Å². The molecule has 0 aliphatic heterocycles. The van der Waals surface area contributed by atoms with E-state index in [1.165, 1.54) is 5.56 Å². The minimum absolute atomic E-state index is 0. The van der Waals surface area contributed by atoms with Crippen LogP contribution in [0, 0.1) is 6.92 Å². The Morgan fingerprint density at radius 3 is 2.46 bits per heavy atom. The summed E-state index contributed by atoms with van der Waals surface area (Å²) in [6.45, 7) is 3.93. The molecule has 0 unspecified atom stereocenters. The van der Waals surface area contributed by atoms with Crippen LogP contribution in [0.3, 0.4) is 0 Å². The van der Waals surface area contributed by atoms with Crippen molar-refractivity contribution in [3.8, 4) is 11.3 Å². The van der Waals surface area contributed by atoms with Crippen molar-refractivity contribution in [1.29, 1.82) is 0 Å². The molecular formula is C22H27ClN4O. The Kier molecular flexibility index (Phi) is 8.23. The number of aryl methyl sites for hydroxylation is 1. The molecule has 0 fully saturated rings. The van der Waals surface area contributed by atoms with Gasteiger partial charge in [0.2, 0.25) is 0 Å². The zero-order chi connectivity index (χ0) is 19.1. The van der Waals surface area contributed by atoms with Crippen LogP contribution in [0.1, 0.15) is 34.3 Å². The number of nitrogens with one attached hydrogen (secondary N) is 1. The predicted octanol–water partition coefficient (Wildman–Crippen LogP) is 3.80. The molecule has 1 aromatic heterocycles. The van der Waals surface area contributed by atoms with Crippen LogP contribution in [0.4, 0.5) is 0 Å².